The number of carbonyl (C=O) groups is 2. The van der Waals surface area contributed by atoms with Gasteiger partial charge in [0.05, 0.1) is 11.0 Å². The predicted octanol–water partition coefficient (Wildman–Crippen LogP) is 2.99. The van der Waals surface area contributed by atoms with Crippen molar-refractivity contribution >= 4 is 11.9 Å². The third-order valence-electron chi connectivity index (χ3n) is 4.65. The second-order valence-electron chi connectivity index (χ2n) is 6.67. The molecule has 5 heteroatoms. The second kappa shape index (κ2) is 6.07. The van der Waals surface area contributed by atoms with Crippen molar-refractivity contribution in [1.29, 1.82) is 0 Å². The number of aryl methyl sites for hydroxylation is 1. The smallest absolute Gasteiger partial charge is 0.311 e. The number of aliphatic carboxylic acids is 1. The van der Waals surface area contributed by atoms with Crippen LogP contribution in [0, 0.1) is 12.3 Å². The van der Waals surface area contributed by atoms with Gasteiger partial charge in [-0.2, -0.15) is 0 Å². The minimum Gasteiger partial charge on any atom is -0.481 e. The number of carboxylic acids is 1. The predicted molar refractivity (Wildman–Crippen MR) is 90.7 cm³/mol. The van der Waals surface area contributed by atoms with Gasteiger partial charge in [0.2, 0.25) is 0 Å². The first-order valence-electron chi connectivity index (χ1n) is 7.94. The zero-order chi connectivity index (χ0) is 17.3. The van der Waals surface area contributed by atoms with Gasteiger partial charge < -0.3 is 10.0 Å². The number of aromatic nitrogens is 1. The summed E-state index contributed by atoms with van der Waals surface area (Å²) in [6.45, 7) is 4.39. The van der Waals surface area contributed by atoms with Crippen LogP contribution in [0.1, 0.15) is 29.3 Å². The molecule has 124 valence electrons. The maximum Gasteiger partial charge on any atom is 0.311 e. The third-order valence-corrected chi connectivity index (χ3v) is 4.65. The molecule has 5 nitrogen and oxygen atoms in total. The summed E-state index contributed by atoms with van der Waals surface area (Å²) in [7, 11) is 0. The lowest BCUT2D eigenvalue weighted by atomic mass is 9.90. The highest BCUT2D eigenvalue weighted by atomic mass is 16.4. The topological polar surface area (TPSA) is 70.5 Å². The summed E-state index contributed by atoms with van der Waals surface area (Å²) in [6, 6.07) is 9.84. The maximum atomic E-state index is 12.7. The minimum absolute atomic E-state index is 0.165. The van der Waals surface area contributed by atoms with Gasteiger partial charge in [0.1, 0.15) is 0 Å². The average molecular weight is 324 g/mol. The summed E-state index contributed by atoms with van der Waals surface area (Å²) in [6.07, 6.45) is 3.74. The van der Waals surface area contributed by atoms with Gasteiger partial charge in [-0.15, -0.1) is 0 Å². The Bertz CT molecular complexity index is 785. The number of pyridine rings is 1. The highest BCUT2D eigenvalue weighted by Crippen LogP contribution is 2.31. The number of nitrogens with zero attached hydrogens (tertiary/aromatic N) is 2. The second-order valence-corrected chi connectivity index (χ2v) is 6.67. The lowest BCUT2D eigenvalue weighted by Crippen LogP contribution is -2.34. The van der Waals surface area contributed by atoms with E-state index in [1.54, 1.807) is 18.0 Å². The van der Waals surface area contributed by atoms with Crippen LogP contribution >= 0.6 is 0 Å². The summed E-state index contributed by atoms with van der Waals surface area (Å²) >= 11 is 0. The van der Waals surface area contributed by atoms with E-state index in [0.717, 1.165) is 11.1 Å². The summed E-state index contributed by atoms with van der Waals surface area (Å²) < 4.78 is 0. The summed E-state index contributed by atoms with van der Waals surface area (Å²) in [5.74, 6) is -1.02. The molecule has 0 radical (unpaired) electrons. The number of hydrogen-bond donors (Lipinski definition) is 1. The molecule has 1 aromatic heterocycles. The molecule has 1 amide bonds. The van der Waals surface area contributed by atoms with Gasteiger partial charge in [0, 0.05) is 31.0 Å². The third kappa shape index (κ3) is 3.02. The van der Waals surface area contributed by atoms with E-state index in [0.29, 0.717) is 18.5 Å². The Morgan fingerprint density at radius 3 is 2.50 bits per heavy atom. The number of benzene rings is 1. The van der Waals surface area contributed by atoms with Crippen molar-refractivity contribution in [3.05, 3.63) is 53.9 Å². The van der Waals surface area contributed by atoms with Gasteiger partial charge in [-0.25, -0.2) is 0 Å². The molecule has 1 N–H and O–H groups in total. The van der Waals surface area contributed by atoms with Crippen LogP contribution in [0.15, 0.2) is 42.7 Å². The molecule has 1 saturated heterocycles. The lowest BCUT2D eigenvalue weighted by molar-refractivity contribution is -0.147. The normalized spacial score (nSPS) is 20.2. The Kier molecular flexibility index (Phi) is 4.09. The largest absolute Gasteiger partial charge is 0.481 e. The van der Waals surface area contributed by atoms with E-state index < -0.39 is 11.4 Å². The number of carboxylic acid groups (broad SMARTS) is 1. The van der Waals surface area contributed by atoms with Crippen LogP contribution < -0.4 is 0 Å². The molecule has 0 saturated carbocycles. The molecule has 1 aliphatic heterocycles. The summed E-state index contributed by atoms with van der Waals surface area (Å²) in [5.41, 5.74) is 2.67. The van der Waals surface area contributed by atoms with Gasteiger partial charge in [0.25, 0.3) is 5.91 Å². The van der Waals surface area contributed by atoms with Gasteiger partial charge in [-0.05, 0) is 31.9 Å². The van der Waals surface area contributed by atoms with Gasteiger partial charge in [-0.1, -0.05) is 29.8 Å². The Morgan fingerprint density at radius 1 is 1.17 bits per heavy atom. The van der Waals surface area contributed by atoms with Crippen LogP contribution in [0.4, 0.5) is 0 Å². The molecule has 0 spiro atoms. The van der Waals surface area contributed by atoms with E-state index in [-0.39, 0.29) is 12.5 Å². The number of amides is 1. The fraction of sp³-hybridized carbons (Fsp3) is 0.316. The summed E-state index contributed by atoms with van der Waals surface area (Å²) in [4.78, 5) is 29.8. The molecule has 1 unspecified atom stereocenters. The minimum atomic E-state index is -0.863. The molecule has 2 aromatic rings. The molecule has 0 bridgehead atoms. The van der Waals surface area contributed by atoms with Crippen LogP contribution in [0.5, 0.6) is 0 Å². The van der Waals surface area contributed by atoms with E-state index in [1.165, 1.54) is 11.8 Å². The molecule has 3 rings (SSSR count). The quantitative estimate of drug-likeness (QED) is 0.942. The first-order chi connectivity index (χ1) is 11.4. The molecule has 1 aliphatic rings. The molecular formula is C19H20N2O3. The summed E-state index contributed by atoms with van der Waals surface area (Å²) in [5, 5.41) is 9.31. The number of likely N-dealkylation sites (tertiary alicyclic amines) is 1. The van der Waals surface area contributed by atoms with Crippen molar-refractivity contribution in [2.24, 2.45) is 5.41 Å². The zero-order valence-corrected chi connectivity index (χ0v) is 13.8. The van der Waals surface area contributed by atoms with Crippen LogP contribution in [0.2, 0.25) is 0 Å². The fourth-order valence-electron chi connectivity index (χ4n) is 2.95. The number of carbonyl (C=O) groups excluding carboxylic acids is 1. The van der Waals surface area contributed by atoms with Crippen molar-refractivity contribution in [3.63, 3.8) is 0 Å². The molecular weight excluding hydrogens is 304 g/mol. The SMILES string of the molecule is Cc1ccc(-c2cncc(C(=O)N3CCC(C)(C(=O)O)C3)c2)cc1. The molecule has 1 fully saturated rings. The highest BCUT2D eigenvalue weighted by Gasteiger charge is 2.42. The maximum absolute atomic E-state index is 12.7. The van der Waals surface area contributed by atoms with Gasteiger partial charge in [0.15, 0.2) is 0 Å². The van der Waals surface area contributed by atoms with Crippen LogP contribution in [0.3, 0.4) is 0 Å². The standard InChI is InChI=1S/C19H20N2O3/c1-13-3-5-14(6-4-13)15-9-16(11-20-10-15)17(22)21-8-7-19(2,12-21)18(23)24/h3-6,9-11H,7-8,12H2,1-2H3,(H,23,24). The lowest BCUT2D eigenvalue weighted by Gasteiger charge is -2.20. The Morgan fingerprint density at radius 2 is 1.88 bits per heavy atom. The van der Waals surface area contributed by atoms with E-state index in [2.05, 4.69) is 4.98 Å². The molecule has 1 atom stereocenters. The molecule has 0 aliphatic carbocycles. The number of hydrogen-bond acceptors (Lipinski definition) is 3. The van der Waals surface area contributed by atoms with E-state index in [9.17, 15) is 14.7 Å². The Hall–Kier alpha value is -2.69. The van der Waals surface area contributed by atoms with Gasteiger partial charge >= 0.3 is 5.97 Å². The van der Waals surface area contributed by atoms with Crippen LogP contribution in [-0.2, 0) is 4.79 Å². The first-order valence-corrected chi connectivity index (χ1v) is 7.94. The average Bonchev–Trinajstić information content (AvgIpc) is 2.99. The Labute approximate surface area is 140 Å². The van der Waals surface area contributed by atoms with Crippen LogP contribution in [0.25, 0.3) is 11.1 Å². The van der Waals surface area contributed by atoms with Crippen molar-refractivity contribution in [3.8, 4) is 11.1 Å². The van der Waals surface area contributed by atoms with E-state index in [4.69, 9.17) is 0 Å². The highest BCUT2D eigenvalue weighted by molar-refractivity contribution is 5.95. The Balaban J connectivity index is 1.83. The molecule has 2 heterocycles. The zero-order valence-electron chi connectivity index (χ0n) is 13.8. The van der Waals surface area contributed by atoms with Crippen molar-refractivity contribution in [2.75, 3.05) is 13.1 Å². The molecule has 24 heavy (non-hydrogen) atoms. The van der Waals surface area contributed by atoms with Crippen molar-refractivity contribution in [1.82, 2.24) is 9.88 Å². The van der Waals surface area contributed by atoms with Crippen molar-refractivity contribution < 1.29 is 14.7 Å². The monoisotopic (exact) mass is 324 g/mol. The van der Waals surface area contributed by atoms with Crippen molar-refractivity contribution in [2.45, 2.75) is 20.3 Å². The first kappa shape index (κ1) is 16.2. The fourth-order valence-corrected chi connectivity index (χ4v) is 2.95. The van der Waals surface area contributed by atoms with E-state index in [1.807, 2.05) is 37.3 Å². The van der Waals surface area contributed by atoms with E-state index >= 15 is 0 Å². The number of rotatable bonds is 3. The van der Waals surface area contributed by atoms with Gasteiger partial charge in [-0.3, -0.25) is 14.6 Å². The van der Waals surface area contributed by atoms with Crippen LogP contribution in [-0.4, -0.2) is 40.0 Å². The molecule has 1 aromatic carbocycles.